The van der Waals surface area contributed by atoms with E-state index in [-0.39, 0.29) is 5.92 Å². The van der Waals surface area contributed by atoms with E-state index in [1.165, 1.54) is 48.8 Å². The summed E-state index contributed by atoms with van der Waals surface area (Å²) in [4.78, 5) is 17.7. The van der Waals surface area contributed by atoms with Gasteiger partial charge in [-0.1, -0.05) is 18.9 Å². The lowest BCUT2D eigenvalue weighted by Gasteiger charge is -2.43. The highest BCUT2D eigenvalue weighted by Crippen LogP contribution is 2.43. The van der Waals surface area contributed by atoms with Crippen molar-refractivity contribution in [2.45, 2.75) is 109 Å². The van der Waals surface area contributed by atoms with Crippen LogP contribution in [0.25, 0.3) is 0 Å². The number of ether oxygens (including phenoxy) is 1. The van der Waals surface area contributed by atoms with Crippen LogP contribution < -0.4 is 10.1 Å². The molecule has 2 saturated heterocycles. The van der Waals surface area contributed by atoms with Crippen LogP contribution in [0.4, 0.5) is 0 Å². The molecule has 0 spiro atoms. The molecule has 2 bridgehead atoms. The van der Waals surface area contributed by atoms with Gasteiger partial charge in [0.25, 0.3) is 0 Å². The minimum Gasteiger partial charge on any atom is -0.493 e. The van der Waals surface area contributed by atoms with Crippen LogP contribution in [-0.2, 0) is 4.79 Å². The Morgan fingerprint density at radius 2 is 1.74 bits per heavy atom. The van der Waals surface area contributed by atoms with E-state index in [4.69, 9.17) is 4.74 Å². The van der Waals surface area contributed by atoms with Crippen LogP contribution >= 0.6 is 0 Å². The van der Waals surface area contributed by atoms with Crippen molar-refractivity contribution in [2.75, 3.05) is 27.2 Å². The van der Waals surface area contributed by atoms with Gasteiger partial charge in [0.05, 0.1) is 6.61 Å². The summed E-state index contributed by atoms with van der Waals surface area (Å²) in [5, 5.41) is 3.44. The molecule has 0 radical (unpaired) electrons. The van der Waals surface area contributed by atoms with Crippen molar-refractivity contribution in [1.82, 2.24) is 15.1 Å². The number of nitrogens with zero attached hydrogens (tertiary/aromatic N) is 2. The molecule has 5 nitrogen and oxygen atoms in total. The number of unbranched alkanes of at least 4 members (excludes halogenated alkanes) is 1. The molecule has 0 aromatic heterocycles. The first kappa shape index (κ1) is 25.5. The molecule has 4 rings (SSSR count). The lowest BCUT2D eigenvalue weighted by molar-refractivity contribution is -0.126. The van der Waals surface area contributed by atoms with Gasteiger partial charge in [-0.05, 0) is 116 Å². The molecule has 3 aliphatic rings. The van der Waals surface area contributed by atoms with Crippen molar-refractivity contribution in [2.24, 2.45) is 5.92 Å². The van der Waals surface area contributed by atoms with Gasteiger partial charge in [-0.2, -0.15) is 0 Å². The fourth-order valence-corrected chi connectivity index (χ4v) is 6.77. The van der Waals surface area contributed by atoms with E-state index in [1.807, 2.05) is 0 Å². The first-order valence-corrected chi connectivity index (χ1v) is 13.8. The molecule has 3 fully saturated rings. The molecule has 1 aromatic rings. The molecular formula is C29H47N3O2. The van der Waals surface area contributed by atoms with Gasteiger partial charge in [-0.3, -0.25) is 9.69 Å². The van der Waals surface area contributed by atoms with Gasteiger partial charge in [0, 0.05) is 30.1 Å². The molecule has 34 heavy (non-hydrogen) atoms. The third-order valence-electron chi connectivity index (χ3n) is 8.80. The van der Waals surface area contributed by atoms with Crippen molar-refractivity contribution in [3.05, 3.63) is 28.8 Å². The summed E-state index contributed by atoms with van der Waals surface area (Å²) >= 11 is 0. The summed E-state index contributed by atoms with van der Waals surface area (Å²) in [5.74, 6) is 1.63. The van der Waals surface area contributed by atoms with Gasteiger partial charge >= 0.3 is 0 Å². The van der Waals surface area contributed by atoms with Gasteiger partial charge in [0.2, 0.25) is 5.91 Å². The van der Waals surface area contributed by atoms with Crippen LogP contribution in [0.2, 0.25) is 0 Å². The highest BCUT2D eigenvalue weighted by atomic mass is 16.5. The highest BCUT2D eigenvalue weighted by molar-refractivity contribution is 5.79. The van der Waals surface area contributed by atoms with Crippen LogP contribution in [0, 0.1) is 19.8 Å². The van der Waals surface area contributed by atoms with Crippen molar-refractivity contribution in [1.29, 1.82) is 0 Å². The molecule has 5 heteroatoms. The Hall–Kier alpha value is -1.59. The SMILES string of the molecule is Cc1c(OCCCCN(C)C)ccc(C(C)N2C3CCC2CC(NC(=O)C2CCCC2)C3)c1C. The summed E-state index contributed by atoms with van der Waals surface area (Å²) in [6.07, 6.45) is 11.6. The maximum atomic E-state index is 12.7. The number of rotatable bonds is 10. The number of amides is 1. The van der Waals surface area contributed by atoms with Gasteiger partial charge < -0.3 is 15.0 Å². The Balaban J connectivity index is 1.35. The number of piperidine rings is 1. The molecule has 1 N–H and O–H groups in total. The lowest BCUT2D eigenvalue weighted by atomic mass is 9.90. The van der Waals surface area contributed by atoms with E-state index < -0.39 is 0 Å². The Morgan fingerprint density at radius 3 is 2.38 bits per heavy atom. The lowest BCUT2D eigenvalue weighted by Crippen LogP contribution is -2.51. The van der Waals surface area contributed by atoms with E-state index in [2.05, 4.69) is 62.1 Å². The zero-order valence-corrected chi connectivity index (χ0v) is 22.2. The molecule has 2 heterocycles. The number of fused-ring (bicyclic) bond motifs is 2. The normalized spacial score (nSPS) is 26.2. The van der Waals surface area contributed by atoms with Crippen molar-refractivity contribution >= 4 is 5.91 Å². The average molecular weight is 470 g/mol. The van der Waals surface area contributed by atoms with Crippen LogP contribution in [-0.4, -0.2) is 61.1 Å². The molecular weight excluding hydrogens is 422 g/mol. The van der Waals surface area contributed by atoms with E-state index in [9.17, 15) is 4.79 Å². The topological polar surface area (TPSA) is 44.8 Å². The van der Waals surface area contributed by atoms with Crippen molar-refractivity contribution in [3.63, 3.8) is 0 Å². The predicted octanol–water partition coefficient (Wildman–Crippen LogP) is 5.39. The van der Waals surface area contributed by atoms with Crippen LogP contribution in [0.3, 0.4) is 0 Å². The molecule has 1 amide bonds. The third-order valence-corrected chi connectivity index (χ3v) is 8.80. The van der Waals surface area contributed by atoms with E-state index >= 15 is 0 Å². The Labute approximate surface area is 207 Å². The monoisotopic (exact) mass is 469 g/mol. The van der Waals surface area contributed by atoms with Crippen LogP contribution in [0.1, 0.15) is 93.9 Å². The summed E-state index contributed by atoms with van der Waals surface area (Å²) < 4.78 is 6.16. The van der Waals surface area contributed by atoms with Gasteiger partial charge in [0.15, 0.2) is 0 Å². The number of hydrogen-bond acceptors (Lipinski definition) is 4. The number of benzene rings is 1. The molecule has 3 atom stereocenters. The zero-order valence-electron chi connectivity index (χ0n) is 22.2. The molecule has 1 saturated carbocycles. The maximum Gasteiger partial charge on any atom is 0.223 e. The molecule has 2 aliphatic heterocycles. The number of carbonyl (C=O) groups is 1. The summed E-state index contributed by atoms with van der Waals surface area (Å²) in [5.41, 5.74) is 4.08. The number of carbonyl (C=O) groups excluding carboxylic acids is 1. The number of nitrogens with one attached hydrogen (secondary N) is 1. The van der Waals surface area contributed by atoms with Gasteiger partial charge in [-0.25, -0.2) is 0 Å². The highest BCUT2D eigenvalue weighted by Gasteiger charge is 2.44. The zero-order chi connectivity index (χ0) is 24.2. The van der Waals surface area contributed by atoms with Gasteiger partial charge in [0.1, 0.15) is 5.75 Å². The van der Waals surface area contributed by atoms with E-state index in [0.717, 1.165) is 51.0 Å². The first-order valence-electron chi connectivity index (χ1n) is 13.8. The molecule has 1 aromatic carbocycles. The van der Waals surface area contributed by atoms with E-state index in [0.29, 0.717) is 30.1 Å². The third kappa shape index (κ3) is 5.79. The predicted molar refractivity (Wildman–Crippen MR) is 139 cm³/mol. The summed E-state index contributed by atoms with van der Waals surface area (Å²) in [6, 6.07) is 6.41. The van der Waals surface area contributed by atoms with Gasteiger partial charge in [-0.15, -0.1) is 0 Å². The molecule has 3 unspecified atom stereocenters. The standard InChI is InChI=1S/C29H47N3O2/c1-20-21(2)28(34-17-9-8-16-31(4)5)15-14-27(20)22(3)32-25-12-13-26(32)19-24(18-25)30-29(33)23-10-6-7-11-23/h14-15,22-26H,6-13,16-19H2,1-5H3,(H,30,33). The quantitative estimate of drug-likeness (QED) is 0.467. The van der Waals surface area contributed by atoms with Crippen molar-refractivity contribution < 1.29 is 9.53 Å². The smallest absolute Gasteiger partial charge is 0.223 e. The van der Waals surface area contributed by atoms with Crippen LogP contribution in [0.5, 0.6) is 5.75 Å². The van der Waals surface area contributed by atoms with Crippen molar-refractivity contribution in [3.8, 4) is 5.75 Å². The Bertz CT molecular complexity index is 819. The Morgan fingerprint density at radius 1 is 1.06 bits per heavy atom. The van der Waals surface area contributed by atoms with E-state index in [1.54, 1.807) is 0 Å². The largest absolute Gasteiger partial charge is 0.493 e. The maximum absolute atomic E-state index is 12.7. The molecule has 190 valence electrons. The second-order valence-electron chi connectivity index (χ2n) is 11.4. The molecule has 1 aliphatic carbocycles. The van der Waals surface area contributed by atoms with Crippen LogP contribution in [0.15, 0.2) is 12.1 Å². The minimum atomic E-state index is 0.272. The second-order valence-corrected chi connectivity index (χ2v) is 11.4. The fraction of sp³-hybridized carbons (Fsp3) is 0.759. The summed E-state index contributed by atoms with van der Waals surface area (Å²) in [7, 11) is 4.24. The summed E-state index contributed by atoms with van der Waals surface area (Å²) in [6.45, 7) is 8.75. The second kappa shape index (κ2) is 11.4. The Kier molecular flexibility index (Phi) is 8.57. The fourth-order valence-electron chi connectivity index (χ4n) is 6.77. The average Bonchev–Trinajstić information content (AvgIpc) is 3.43. The minimum absolute atomic E-state index is 0.272. The number of hydrogen-bond donors (Lipinski definition) is 1. The first-order chi connectivity index (χ1) is 16.3.